The Labute approximate surface area is 195 Å². The lowest BCUT2D eigenvalue weighted by molar-refractivity contribution is -0.128. The zero-order valence-corrected chi connectivity index (χ0v) is 20.1. The number of nitrogens with zero attached hydrogens (tertiary/aromatic N) is 5. The van der Waals surface area contributed by atoms with Crippen molar-refractivity contribution in [3.8, 4) is 11.4 Å². The third kappa shape index (κ3) is 5.84. The number of carbonyl (C=O) groups excluding carboxylic acids is 1. The molecule has 0 unspecified atom stereocenters. The zero-order chi connectivity index (χ0) is 22.3. The fourth-order valence-electron chi connectivity index (χ4n) is 4.82. The van der Waals surface area contributed by atoms with Crippen molar-refractivity contribution >= 4 is 17.7 Å². The van der Waals surface area contributed by atoms with E-state index in [1.54, 1.807) is 7.11 Å². The molecule has 1 saturated heterocycles. The van der Waals surface area contributed by atoms with Crippen LogP contribution in [0.4, 0.5) is 0 Å². The van der Waals surface area contributed by atoms with Gasteiger partial charge in [-0.1, -0.05) is 31.0 Å². The Kier molecular flexibility index (Phi) is 8.08. The van der Waals surface area contributed by atoms with Gasteiger partial charge in [0.15, 0.2) is 5.16 Å². The summed E-state index contributed by atoms with van der Waals surface area (Å²) in [6.45, 7) is 6.92. The van der Waals surface area contributed by atoms with E-state index in [0.717, 1.165) is 60.9 Å². The first-order chi connectivity index (χ1) is 15.6. The Morgan fingerprint density at radius 2 is 1.81 bits per heavy atom. The lowest BCUT2D eigenvalue weighted by Gasteiger charge is -2.28. The summed E-state index contributed by atoms with van der Waals surface area (Å²) in [5.41, 5.74) is 0.969. The summed E-state index contributed by atoms with van der Waals surface area (Å²) in [6.07, 6.45) is 8.00. The summed E-state index contributed by atoms with van der Waals surface area (Å²) in [7, 11) is 1.66. The van der Waals surface area contributed by atoms with Crippen LogP contribution in [0.3, 0.4) is 0 Å². The molecular formula is C24H35N5O2S. The van der Waals surface area contributed by atoms with Crippen LogP contribution in [0.5, 0.6) is 5.75 Å². The predicted molar refractivity (Wildman–Crippen MR) is 128 cm³/mol. The van der Waals surface area contributed by atoms with Gasteiger partial charge in [0.25, 0.3) is 0 Å². The molecule has 1 aromatic carbocycles. The Bertz CT molecular complexity index is 879. The molecule has 174 valence electrons. The highest BCUT2D eigenvalue weighted by molar-refractivity contribution is 7.99. The number of aromatic nitrogens is 3. The van der Waals surface area contributed by atoms with E-state index in [1.807, 2.05) is 40.7 Å². The molecule has 2 fully saturated rings. The number of rotatable bonds is 7. The summed E-state index contributed by atoms with van der Waals surface area (Å²) >= 11 is 1.46. The van der Waals surface area contributed by atoms with Crippen molar-refractivity contribution in [1.29, 1.82) is 0 Å². The molecule has 1 aromatic heterocycles. The van der Waals surface area contributed by atoms with Crippen molar-refractivity contribution in [2.24, 2.45) is 5.92 Å². The molecule has 1 saturated carbocycles. The Morgan fingerprint density at radius 1 is 1.03 bits per heavy atom. The van der Waals surface area contributed by atoms with Crippen molar-refractivity contribution in [1.82, 2.24) is 24.6 Å². The Hall–Kier alpha value is -2.06. The molecule has 7 nitrogen and oxygen atoms in total. The fourth-order valence-corrected chi connectivity index (χ4v) is 5.72. The highest BCUT2D eigenvalue weighted by Gasteiger charge is 2.23. The molecule has 1 amide bonds. The van der Waals surface area contributed by atoms with E-state index in [9.17, 15) is 4.79 Å². The van der Waals surface area contributed by atoms with Crippen LogP contribution in [0.15, 0.2) is 29.4 Å². The van der Waals surface area contributed by atoms with Crippen molar-refractivity contribution in [3.63, 3.8) is 0 Å². The third-order valence-corrected chi connectivity index (χ3v) is 7.55. The molecule has 4 rings (SSSR count). The number of amides is 1. The van der Waals surface area contributed by atoms with Crippen molar-refractivity contribution < 1.29 is 9.53 Å². The highest BCUT2D eigenvalue weighted by atomic mass is 32.2. The number of hydrogen-bond acceptors (Lipinski definition) is 6. The van der Waals surface area contributed by atoms with E-state index >= 15 is 0 Å². The molecule has 0 radical (unpaired) electrons. The third-order valence-electron chi connectivity index (χ3n) is 6.63. The van der Waals surface area contributed by atoms with Crippen LogP contribution in [0.2, 0.25) is 0 Å². The van der Waals surface area contributed by atoms with Gasteiger partial charge in [0.05, 0.1) is 12.9 Å². The molecule has 2 heterocycles. The van der Waals surface area contributed by atoms with Gasteiger partial charge in [0.2, 0.25) is 5.91 Å². The Morgan fingerprint density at radius 3 is 2.56 bits per heavy atom. The fraction of sp³-hybridized carbons (Fsp3) is 0.625. The maximum Gasteiger partial charge on any atom is 0.233 e. The molecule has 0 N–H and O–H groups in total. The number of thioether (sulfide) groups is 1. The van der Waals surface area contributed by atoms with Crippen LogP contribution in [0, 0.1) is 12.8 Å². The van der Waals surface area contributed by atoms with Crippen LogP contribution in [-0.2, 0) is 4.79 Å². The minimum Gasteiger partial charge on any atom is -0.497 e. The standard InChI is InChI=1S/C24H35N5O2S/c1-19-25-26-24(29(19)21-9-11-22(31-2)12-10-21)32-18-23(30)28-14-6-13-27(15-16-28)17-20-7-4-3-5-8-20/h9-12,20H,3-8,13-18H2,1-2H3. The summed E-state index contributed by atoms with van der Waals surface area (Å²) in [5, 5.41) is 9.29. The van der Waals surface area contributed by atoms with Crippen molar-refractivity contribution in [2.75, 3.05) is 45.6 Å². The van der Waals surface area contributed by atoms with E-state index in [0.29, 0.717) is 5.75 Å². The second-order valence-electron chi connectivity index (χ2n) is 8.89. The summed E-state index contributed by atoms with van der Waals surface area (Å²) in [4.78, 5) is 17.6. The van der Waals surface area contributed by atoms with Gasteiger partial charge in [-0.15, -0.1) is 10.2 Å². The highest BCUT2D eigenvalue weighted by Crippen LogP contribution is 2.26. The zero-order valence-electron chi connectivity index (χ0n) is 19.3. The first-order valence-corrected chi connectivity index (χ1v) is 12.8. The number of hydrogen-bond donors (Lipinski definition) is 0. The van der Waals surface area contributed by atoms with Gasteiger partial charge in [-0.3, -0.25) is 9.36 Å². The molecule has 0 atom stereocenters. The molecule has 0 spiro atoms. The Balaban J connectivity index is 1.31. The number of aryl methyl sites for hydroxylation is 1. The summed E-state index contributed by atoms with van der Waals surface area (Å²) in [6, 6.07) is 7.81. The second-order valence-corrected chi connectivity index (χ2v) is 9.83. The predicted octanol–water partition coefficient (Wildman–Crippen LogP) is 3.79. The lowest BCUT2D eigenvalue weighted by atomic mass is 9.89. The molecule has 0 bridgehead atoms. The maximum absolute atomic E-state index is 13.0. The number of methoxy groups -OCH3 is 1. The lowest BCUT2D eigenvalue weighted by Crippen LogP contribution is -2.37. The van der Waals surface area contributed by atoms with Crippen LogP contribution >= 0.6 is 11.8 Å². The van der Waals surface area contributed by atoms with E-state index < -0.39 is 0 Å². The van der Waals surface area contributed by atoms with Crippen molar-refractivity contribution in [2.45, 2.75) is 50.6 Å². The van der Waals surface area contributed by atoms with Gasteiger partial charge in [0, 0.05) is 31.9 Å². The largest absolute Gasteiger partial charge is 0.497 e. The van der Waals surface area contributed by atoms with Gasteiger partial charge >= 0.3 is 0 Å². The second kappa shape index (κ2) is 11.2. The van der Waals surface area contributed by atoms with Crippen LogP contribution in [-0.4, -0.2) is 76.1 Å². The van der Waals surface area contributed by atoms with Gasteiger partial charge in [-0.05, 0) is 62.9 Å². The molecule has 2 aliphatic rings. The first kappa shape index (κ1) is 23.1. The molecule has 1 aliphatic heterocycles. The number of carbonyl (C=O) groups is 1. The maximum atomic E-state index is 13.0. The number of benzene rings is 1. The molecule has 2 aromatic rings. The molecular weight excluding hydrogens is 422 g/mol. The topological polar surface area (TPSA) is 63.5 Å². The average Bonchev–Trinajstić information content (AvgIpc) is 3.03. The van der Waals surface area contributed by atoms with Crippen LogP contribution in [0.1, 0.15) is 44.3 Å². The normalized spacial score (nSPS) is 18.5. The minimum absolute atomic E-state index is 0.191. The summed E-state index contributed by atoms with van der Waals surface area (Å²) in [5.74, 6) is 3.04. The first-order valence-electron chi connectivity index (χ1n) is 11.8. The van der Waals surface area contributed by atoms with E-state index in [-0.39, 0.29) is 5.91 Å². The monoisotopic (exact) mass is 457 g/mol. The minimum atomic E-state index is 0.191. The summed E-state index contributed by atoms with van der Waals surface area (Å²) < 4.78 is 7.25. The van der Waals surface area contributed by atoms with Gasteiger partial charge in [-0.2, -0.15) is 0 Å². The van der Waals surface area contributed by atoms with Gasteiger partial charge in [0.1, 0.15) is 11.6 Å². The van der Waals surface area contributed by atoms with Gasteiger partial charge in [-0.25, -0.2) is 0 Å². The SMILES string of the molecule is COc1ccc(-n2c(C)nnc2SCC(=O)N2CCCN(CC3CCCCC3)CC2)cc1. The van der Waals surface area contributed by atoms with E-state index in [2.05, 4.69) is 15.1 Å². The smallest absolute Gasteiger partial charge is 0.233 e. The molecule has 1 aliphatic carbocycles. The molecule has 8 heteroatoms. The van der Waals surface area contributed by atoms with E-state index in [4.69, 9.17) is 4.74 Å². The van der Waals surface area contributed by atoms with E-state index in [1.165, 1.54) is 50.4 Å². The van der Waals surface area contributed by atoms with Crippen molar-refractivity contribution in [3.05, 3.63) is 30.1 Å². The quantitative estimate of drug-likeness (QED) is 0.590. The van der Waals surface area contributed by atoms with Gasteiger partial charge < -0.3 is 14.5 Å². The van der Waals surface area contributed by atoms with Crippen LogP contribution in [0.25, 0.3) is 5.69 Å². The van der Waals surface area contributed by atoms with Crippen LogP contribution < -0.4 is 4.74 Å². The molecule has 32 heavy (non-hydrogen) atoms. The number of ether oxygens (including phenoxy) is 1. The average molecular weight is 458 g/mol.